The molecule has 0 unspecified atom stereocenters. The largest absolute Gasteiger partial charge is 0.465 e. The zero-order chi connectivity index (χ0) is 11.8. The number of fused-ring (bicyclic) bond motifs is 1. The number of thioether (sulfide) groups is 1. The fourth-order valence-corrected chi connectivity index (χ4v) is 2.85. The summed E-state index contributed by atoms with van der Waals surface area (Å²) in [6, 6.07) is 1.90. The van der Waals surface area contributed by atoms with Crippen molar-refractivity contribution in [2.24, 2.45) is 0 Å². The van der Waals surface area contributed by atoms with E-state index in [2.05, 4.69) is 15.1 Å². The van der Waals surface area contributed by atoms with Crippen LogP contribution in [0.1, 0.15) is 12.1 Å². The third kappa shape index (κ3) is 1.86. The van der Waals surface area contributed by atoms with Crippen molar-refractivity contribution in [2.75, 3.05) is 6.61 Å². The van der Waals surface area contributed by atoms with Crippen LogP contribution in [0.4, 0.5) is 0 Å². The Morgan fingerprint density at radius 3 is 3.24 bits per heavy atom. The lowest BCUT2D eigenvalue weighted by molar-refractivity contribution is -0.137. The predicted octanol–water partition coefficient (Wildman–Crippen LogP) is 0.840. The van der Waals surface area contributed by atoms with Gasteiger partial charge in [0.2, 0.25) is 0 Å². The second-order valence-electron chi connectivity index (χ2n) is 3.77. The Labute approximate surface area is 101 Å². The Hall–Kier alpha value is -1.63. The van der Waals surface area contributed by atoms with Gasteiger partial charge in [-0.1, -0.05) is 11.8 Å². The minimum atomic E-state index is -0.155. The minimum absolute atomic E-state index is 0.149. The standard InChI is InChI=1S/C10H10N4O2S/c1-6-4-8(14-10(13-6)11-5-12-14)17-7-2-3-16-9(7)15/h4-5,7H,2-3H2,1H3/t7-/m0/s1. The molecule has 7 heteroatoms. The van der Waals surface area contributed by atoms with Crippen LogP contribution in [-0.4, -0.2) is 37.4 Å². The van der Waals surface area contributed by atoms with Crippen molar-refractivity contribution in [3.05, 3.63) is 18.1 Å². The fourth-order valence-electron chi connectivity index (χ4n) is 1.71. The molecule has 1 aliphatic heterocycles. The van der Waals surface area contributed by atoms with Crippen molar-refractivity contribution in [3.8, 4) is 0 Å². The third-order valence-corrected chi connectivity index (χ3v) is 3.74. The highest BCUT2D eigenvalue weighted by molar-refractivity contribution is 8.00. The van der Waals surface area contributed by atoms with Crippen LogP contribution in [-0.2, 0) is 9.53 Å². The molecule has 88 valence electrons. The number of carbonyl (C=O) groups excluding carboxylic acids is 1. The molecule has 0 aromatic carbocycles. The number of aryl methyl sites for hydroxylation is 1. The van der Waals surface area contributed by atoms with Crippen molar-refractivity contribution < 1.29 is 9.53 Å². The summed E-state index contributed by atoms with van der Waals surface area (Å²) in [5.41, 5.74) is 0.861. The number of carbonyl (C=O) groups is 1. The summed E-state index contributed by atoms with van der Waals surface area (Å²) >= 11 is 1.45. The molecule has 2 aromatic rings. The first-order valence-electron chi connectivity index (χ1n) is 5.25. The van der Waals surface area contributed by atoms with Crippen LogP contribution in [0.3, 0.4) is 0 Å². The predicted molar refractivity (Wildman–Crippen MR) is 60.7 cm³/mol. The zero-order valence-electron chi connectivity index (χ0n) is 9.16. The van der Waals surface area contributed by atoms with Gasteiger partial charge >= 0.3 is 5.97 Å². The van der Waals surface area contributed by atoms with E-state index < -0.39 is 0 Å². The van der Waals surface area contributed by atoms with Crippen molar-refractivity contribution in [3.63, 3.8) is 0 Å². The van der Waals surface area contributed by atoms with Gasteiger partial charge in [-0.3, -0.25) is 4.79 Å². The molecule has 0 spiro atoms. The molecule has 6 nitrogen and oxygen atoms in total. The van der Waals surface area contributed by atoms with Crippen LogP contribution in [0.5, 0.6) is 0 Å². The molecule has 0 aliphatic carbocycles. The second kappa shape index (κ2) is 3.99. The van der Waals surface area contributed by atoms with Crippen LogP contribution in [0.25, 0.3) is 5.78 Å². The topological polar surface area (TPSA) is 69.4 Å². The molecule has 0 saturated carbocycles. The van der Waals surface area contributed by atoms with Gasteiger partial charge in [-0.15, -0.1) is 0 Å². The lowest BCUT2D eigenvalue weighted by Gasteiger charge is -2.07. The number of aromatic nitrogens is 4. The van der Waals surface area contributed by atoms with E-state index in [1.54, 1.807) is 4.52 Å². The van der Waals surface area contributed by atoms with E-state index in [-0.39, 0.29) is 11.2 Å². The van der Waals surface area contributed by atoms with Crippen molar-refractivity contribution >= 4 is 23.5 Å². The van der Waals surface area contributed by atoms with Crippen molar-refractivity contribution in [1.29, 1.82) is 0 Å². The monoisotopic (exact) mass is 250 g/mol. The lowest BCUT2D eigenvalue weighted by Crippen LogP contribution is -2.11. The molecule has 1 aliphatic rings. The van der Waals surface area contributed by atoms with Crippen LogP contribution < -0.4 is 0 Å². The van der Waals surface area contributed by atoms with Gasteiger partial charge in [0.25, 0.3) is 5.78 Å². The average Bonchev–Trinajstić information content (AvgIpc) is 2.88. The van der Waals surface area contributed by atoms with Crippen LogP contribution >= 0.6 is 11.8 Å². The highest BCUT2D eigenvalue weighted by Crippen LogP contribution is 2.29. The molecule has 0 amide bonds. The first-order valence-corrected chi connectivity index (χ1v) is 6.13. The number of cyclic esters (lactones) is 1. The van der Waals surface area contributed by atoms with E-state index in [1.807, 2.05) is 13.0 Å². The highest BCUT2D eigenvalue weighted by atomic mass is 32.2. The number of rotatable bonds is 2. The summed E-state index contributed by atoms with van der Waals surface area (Å²) in [5, 5.41) is 4.82. The van der Waals surface area contributed by atoms with Gasteiger partial charge in [-0.2, -0.15) is 14.6 Å². The van der Waals surface area contributed by atoms with Crippen LogP contribution in [0, 0.1) is 6.92 Å². The van der Waals surface area contributed by atoms with Crippen LogP contribution in [0.15, 0.2) is 17.4 Å². The van der Waals surface area contributed by atoms with E-state index in [0.717, 1.165) is 17.1 Å². The highest BCUT2D eigenvalue weighted by Gasteiger charge is 2.28. The summed E-state index contributed by atoms with van der Waals surface area (Å²) in [4.78, 5) is 19.7. The summed E-state index contributed by atoms with van der Waals surface area (Å²) in [7, 11) is 0. The zero-order valence-corrected chi connectivity index (χ0v) is 9.98. The van der Waals surface area contributed by atoms with Crippen LogP contribution in [0.2, 0.25) is 0 Å². The Bertz CT molecular complexity index is 583. The Morgan fingerprint density at radius 2 is 2.47 bits per heavy atom. The summed E-state index contributed by atoms with van der Waals surface area (Å²) in [6.45, 7) is 2.40. The molecular weight excluding hydrogens is 240 g/mol. The first-order chi connectivity index (χ1) is 8.24. The molecule has 0 N–H and O–H groups in total. The molecule has 1 saturated heterocycles. The lowest BCUT2D eigenvalue weighted by atomic mass is 10.4. The quantitative estimate of drug-likeness (QED) is 0.581. The Kier molecular flexibility index (Phi) is 2.47. The second-order valence-corrected chi connectivity index (χ2v) is 4.99. The van der Waals surface area contributed by atoms with Gasteiger partial charge in [-0.05, 0) is 13.0 Å². The van der Waals surface area contributed by atoms with Gasteiger partial charge in [0.15, 0.2) is 0 Å². The van der Waals surface area contributed by atoms with E-state index in [1.165, 1.54) is 18.1 Å². The smallest absolute Gasteiger partial charge is 0.319 e. The van der Waals surface area contributed by atoms with Crippen molar-refractivity contribution in [2.45, 2.75) is 23.6 Å². The first kappa shape index (κ1) is 10.5. The number of hydrogen-bond acceptors (Lipinski definition) is 6. The fraction of sp³-hybridized carbons (Fsp3) is 0.400. The maximum absolute atomic E-state index is 11.4. The molecule has 0 radical (unpaired) electrons. The van der Waals surface area contributed by atoms with Gasteiger partial charge in [0.05, 0.1) is 6.61 Å². The van der Waals surface area contributed by atoms with E-state index in [0.29, 0.717) is 12.4 Å². The number of esters is 1. The molecule has 1 atom stereocenters. The molecule has 1 fully saturated rings. The Balaban J connectivity index is 1.98. The van der Waals surface area contributed by atoms with Gasteiger partial charge in [0.1, 0.15) is 16.6 Å². The summed E-state index contributed by atoms with van der Waals surface area (Å²) < 4.78 is 6.58. The molecule has 2 aromatic heterocycles. The molecule has 3 heterocycles. The number of ether oxygens (including phenoxy) is 1. The molecule has 3 rings (SSSR count). The molecular formula is C10H10N4O2S. The number of nitrogens with zero attached hydrogens (tertiary/aromatic N) is 4. The van der Waals surface area contributed by atoms with E-state index >= 15 is 0 Å². The summed E-state index contributed by atoms with van der Waals surface area (Å²) in [6.07, 6.45) is 2.19. The SMILES string of the molecule is Cc1cc(S[C@H]2CCOC2=O)n2ncnc2n1. The maximum Gasteiger partial charge on any atom is 0.319 e. The summed E-state index contributed by atoms with van der Waals surface area (Å²) in [5.74, 6) is 0.400. The molecule has 0 bridgehead atoms. The third-order valence-electron chi connectivity index (χ3n) is 2.50. The van der Waals surface area contributed by atoms with E-state index in [4.69, 9.17) is 4.74 Å². The van der Waals surface area contributed by atoms with Crippen molar-refractivity contribution in [1.82, 2.24) is 19.6 Å². The van der Waals surface area contributed by atoms with E-state index in [9.17, 15) is 4.79 Å². The molecule has 17 heavy (non-hydrogen) atoms. The average molecular weight is 250 g/mol. The minimum Gasteiger partial charge on any atom is -0.465 e. The van der Waals surface area contributed by atoms with Gasteiger partial charge < -0.3 is 4.74 Å². The van der Waals surface area contributed by atoms with Gasteiger partial charge in [-0.25, -0.2) is 4.98 Å². The maximum atomic E-state index is 11.4. The van der Waals surface area contributed by atoms with Gasteiger partial charge in [0, 0.05) is 12.1 Å². The normalized spacial score (nSPS) is 19.8. The Morgan fingerprint density at radius 1 is 1.59 bits per heavy atom. The number of hydrogen-bond donors (Lipinski definition) is 0.